The van der Waals surface area contributed by atoms with Gasteiger partial charge in [-0.2, -0.15) is 0 Å². The molecule has 2 rings (SSSR count). The van der Waals surface area contributed by atoms with E-state index in [9.17, 15) is 9.59 Å². The van der Waals surface area contributed by atoms with Crippen LogP contribution < -0.4 is 5.32 Å². The van der Waals surface area contributed by atoms with Gasteiger partial charge < -0.3 is 10.1 Å². The molecule has 2 amide bonds. The summed E-state index contributed by atoms with van der Waals surface area (Å²) in [7, 11) is 0. The Morgan fingerprint density at radius 2 is 2.20 bits per heavy atom. The van der Waals surface area contributed by atoms with Crippen LogP contribution in [0.2, 0.25) is 0 Å². The van der Waals surface area contributed by atoms with Gasteiger partial charge in [0.2, 0.25) is 5.91 Å². The number of likely N-dealkylation sites (tertiary alicyclic amines) is 1. The first-order chi connectivity index (χ1) is 6.87. The van der Waals surface area contributed by atoms with Gasteiger partial charge in [-0.3, -0.25) is 9.69 Å². The molecule has 2 aliphatic heterocycles. The molecule has 2 aliphatic rings. The van der Waals surface area contributed by atoms with Crippen molar-refractivity contribution in [1.82, 2.24) is 10.2 Å². The molecule has 84 valence electrons. The Hall–Kier alpha value is -1.26. The van der Waals surface area contributed by atoms with Gasteiger partial charge in [-0.25, -0.2) is 4.79 Å². The van der Waals surface area contributed by atoms with Crippen molar-refractivity contribution in [3.63, 3.8) is 0 Å². The second-order valence-electron chi connectivity index (χ2n) is 5.09. The van der Waals surface area contributed by atoms with Crippen LogP contribution in [0.3, 0.4) is 0 Å². The molecule has 2 bridgehead atoms. The molecule has 15 heavy (non-hydrogen) atoms. The van der Waals surface area contributed by atoms with E-state index in [1.165, 1.54) is 4.90 Å². The molecule has 1 N–H and O–H groups in total. The van der Waals surface area contributed by atoms with E-state index < -0.39 is 5.60 Å². The Balaban J connectivity index is 2.01. The van der Waals surface area contributed by atoms with Crippen LogP contribution in [0, 0.1) is 0 Å². The topological polar surface area (TPSA) is 58.6 Å². The van der Waals surface area contributed by atoms with Crippen LogP contribution in [0.15, 0.2) is 0 Å². The maximum absolute atomic E-state index is 11.7. The van der Waals surface area contributed by atoms with Crippen molar-refractivity contribution in [2.45, 2.75) is 44.9 Å². The van der Waals surface area contributed by atoms with E-state index in [4.69, 9.17) is 4.74 Å². The fourth-order valence-electron chi connectivity index (χ4n) is 2.01. The highest BCUT2D eigenvalue weighted by Crippen LogP contribution is 2.26. The first-order valence-electron chi connectivity index (χ1n) is 5.17. The van der Waals surface area contributed by atoms with Gasteiger partial charge >= 0.3 is 6.09 Å². The molecule has 2 heterocycles. The lowest BCUT2D eigenvalue weighted by Gasteiger charge is -2.29. The van der Waals surface area contributed by atoms with Gasteiger partial charge in [0.1, 0.15) is 11.6 Å². The van der Waals surface area contributed by atoms with Gasteiger partial charge in [0.05, 0.1) is 0 Å². The van der Waals surface area contributed by atoms with E-state index in [0.29, 0.717) is 6.54 Å². The Bertz CT molecular complexity index is 308. The first-order valence-corrected chi connectivity index (χ1v) is 5.17. The average Bonchev–Trinajstić information content (AvgIpc) is 2.58. The van der Waals surface area contributed by atoms with Crippen LogP contribution in [0.1, 0.15) is 27.2 Å². The fourth-order valence-corrected chi connectivity index (χ4v) is 2.01. The predicted molar refractivity (Wildman–Crippen MR) is 53.3 cm³/mol. The van der Waals surface area contributed by atoms with E-state index in [1.807, 2.05) is 20.8 Å². The number of carbonyl (C=O) groups is 2. The molecule has 0 spiro atoms. The lowest BCUT2D eigenvalue weighted by molar-refractivity contribution is -0.125. The van der Waals surface area contributed by atoms with Crippen LogP contribution >= 0.6 is 0 Å². The predicted octanol–water partition coefficient (Wildman–Crippen LogP) is 0.494. The second kappa shape index (κ2) is 3.12. The zero-order valence-electron chi connectivity index (χ0n) is 9.24. The van der Waals surface area contributed by atoms with Crippen LogP contribution in [-0.4, -0.2) is 41.1 Å². The number of rotatable bonds is 0. The maximum Gasteiger partial charge on any atom is 0.411 e. The smallest absolute Gasteiger partial charge is 0.411 e. The van der Waals surface area contributed by atoms with Gasteiger partial charge in [0.15, 0.2) is 0 Å². The summed E-state index contributed by atoms with van der Waals surface area (Å²) in [4.78, 5) is 24.6. The third-order valence-corrected chi connectivity index (χ3v) is 2.58. The van der Waals surface area contributed by atoms with Crippen molar-refractivity contribution in [3.05, 3.63) is 0 Å². The lowest BCUT2D eigenvalue weighted by Crippen LogP contribution is -2.51. The largest absolute Gasteiger partial charge is 0.444 e. The number of ether oxygens (including phenoxy) is 1. The summed E-state index contributed by atoms with van der Waals surface area (Å²) in [6, 6.07) is -0.195. The molecule has 0 aliphatic carbocycles. The van der Waals surface area contributed by atoms with Crippen molar-refractivity contribution in [3.8, 4) is 0 Å². The van der Waals surface area contributed by atoms with Crippen LogP contribution in [0.5, 0.6) is 0 Å². The molecule has 0 saturated carbocycles. The van der Waals surface area contributed by atoms with E-state index >= 15 is 0 Å². The van der Waals surface area contributed by atoms with Crippen molar-refractivity contribution in [1.29, 1.82) is 0 Å². The third kappa shape index (κ3) is 1.91. The molecular weight excluding hydrogens is 196 g/mol. The van der Waals surface area contributed by atoms with Gasteiger partial charge in [-0.05, 0) is 27.2 Å². The Morgan fingerprint density at radius 3 is 2.67 bits per heavy atom. The van der Waals surface area contributed by atoms with Crippen LogP contribution in [0.25, 0.3) is 0 Å². The third-order valence-electron chi connectivity index (χ3n) is 2.58. The summed E-state index contributed by atoms with van der Waals surface area (Å²) in [6.45, 7) is 6.03. The van der Waals surface area contributed by atoms with Gasteiger partial charge in [-0.1, -0.05) is 0 Å². The average molecular weight is 212 g/mol. The maximum atomic E-state index is 11.7. The fraction of sp³-hybridized carbons (Fsp3) is 0.800. The molecule has 0 unspecified atom stereocenters. The number of fused-ring (bicyclic) bond motifs is 2. The zero-order chi connectivity index (χ0) is 11.2. The minimum Gasteiger partial charge on any atom is -0.444 e. The van der Waals surface area contributed by atoms with E-state index in [1.54, 1.807) is 0 Å². The molecule has 0 aromatic heterocycles. The second-order valence-corrected chi connectivity index (χ2v) is 5.09. The number of amides is 2. The molecule has 2 atom stereocenters. The van der Waals surface area contributed by atoms with Crippen molar-refractivity contribution < 1.29 is 14.3 Å². The molecule has 5 heteroatoms. The Kier molecular flexibility index (Phi) is 2.13. The molecular formula is C10H16N2O3. The minimum absolute atomic E-state index is 0.0582. The van der Waals surface area contributed by atoms with Crippen molar-refractivity contribution in [2.24, 2.45) is 0 Å². The number of hydrogen-bond acceptors (Lipinski definition) is 3. The van der Waals surface area contributed by atoms with Gasteiger partial charge in [0, 0.05) is 12.6 Å². The normalized spacial score (nSPS) is 29.3. The molecule has 0 aromatic carbocycles. The Morgan fingerprint density at radius 1 is 1.53 bits per heavy atom. The quantitative estimate of drug-likeness (QED) is 0.636. The van der Waals surface area contributed by atoms with Gasteiger partial charge in [-0.15, -0.1) is 0 Å². The summed E-state index contributed by atoms with van der Waals surface area (Å²) in [6.07, 6.45) is 0.336. The Labute approximate surface area is 88.8 Å². The monoisotopic (exact) mass is 212 g/mol. The van der Waals surface area contributed by atoms with E-state index in [-0.39, 0.29) is 24.1 Å². The summed E-state index contributed by atoms with van der Waals surface area (Å²) in [5, 5.41) is 2.81. The number of nitrogens with zero attached hydrogens (tertiary/aromatic N) is 1. The van der Waals surface area contributed by atoms with E-state index in [0.717, 1.165) is 6.42 Å². The zero-order valence-corrected chi connectivity index (χ0v) is 9.24. The molecule has 2 fully saturated rings. The summed E-state index contributed by atoms with van der Waals surface area (Å²) in [5.74, 6) is -0.0582. The summed E-state index contributed by atoms with van der Waals surface area (Å²) >= 11 is 0. The minimum atomic E-state index is -0.505. The SMILES string of the molecule is CC(C)(C)OC(=O)N1C[C@@H]2C[C@H]1C(=O)N2. The van der Waals surface area contributed by atoms with Gasteiger partial charge in [0.25, 0.3) is 0 Å². The highest BCUT2D eigenvalue weighted by Gasteiger charge is 2.47. The summed E-state index contributed by atoms with van der Waals surface area (Å²) < 4.78 is 5.23. The molecule has 0 aromatic rings. The number of piperazine rings is 1. The highest BCUT2D eigenvalue weighted by atomic mass is 16.6. The number of hydrogen-bond donors (Lipinski definition) is 1. The van der Waals surface area contributed by atoms with E-state index in [2.05, 4.69) is 5.32 Å². The summed E-state index contributed by atoms with van der Waals surface area (Å²) in [5.41, 5.74) is -0.505. The van der Waals surface area contributed by atoms with Crippen LogP contribution in [-0.2, 0) is 9.53 Å². The number of carbonyl (C=O) groups excluding carboxylic acids is 2. The number of nitrogens with one attached hydrogen (secondary N) is 1. The van der Waals surface area contributed by atoms with Crippen LogP contribution in [0.4, 0.5) is 4.79 Å². The molecule has 0 radical (unpaired) electrons. The standard InChI is InChI=1S/C10H16N2O3/c1-10(2,3)15-9(14)12-5-6-4-7(12)8(13)11-6/h6-7H,4-5H2,1-3H3,(H,11,13)/t6-,7-/m0/s1. The lowest BCUT2D eigenvalue weighted by atomic mass is 10.2. The molecule has 5 nitrogen and oxygen atoms in total. The van der Waals surface area contributed by atoms with Crippen molar-refractivity contribution in [2.75, 3.05) is 6.54 Å². The van der Waals surface area contributed by atoms with Crippen molar-refractivity contribution >= 4 is 12.0 Å². The molecule has 2 saturated heterocycles. The first kappa shape index (κ1) is 10.3. The highest BCUT2D eigenvalue weighted by molar-refractivity contribution is 5.89.